The van der Waals surface area contributed by atoms with Gasteiger partial charge in [0.05, 0.1) is 20.3 Å². The quantitative estimate of drug-likeness (QED) is 0.620. The molecule has 3 aromatic carbocycles. The molecule has 3 rings (SSSR count). The number of methoxy groups -OCH3 is 2. The van der Waals surface area contributed by atoms with Gasteiger partial charge in [0.25, 0.3) is 0 Å². The molecule has 0 aromatic heterocycles. The molecule has 3 aromatic rings. The van der Waals surface area contributed by atoms with Gasteiger partial charge in [-0.25, -0.2) is 4.79 Å². The van der Waals surface area contributed by atoms with Crippen LogP contribution >= 0.6 is 0 Å². The summed E-state index contributed by atoms with van der Waals surface area (Å²) in [6, 6.07) is 19.6. The zero-order valence-corrected chi connectivity index (χ0v) is 16.5. The van der Waals surface area contributed by atoms with Crippen LogP contribution in [0.2, 0.25) is 0 Å². The molecule has 0 spiro atoms. The van der Waals surface area contributed by atoms with Crippen molar-refractivity contribution in [2.45, 2.75) is 25.9 Å². The van der Waals surface area contributed by atoms with Crippen LogP contribution in [-0.2, 0) is 6.54 Å². The van der Waals surface area contributed by atoms with Crippen LogP contribution in [0.1, 0.15) is 30.5 Å². The van der Waals surface area contributed by atoms with Crippen molar-refractivity contribution in [1.82, 2.24) is 10.6 Å². The van der Waals surface area contributed by atoms with Crippen molar-refractivity contribution in [1.29, 1.82) is 0 Å². The van der Waals surface area contributed by atoms with Gasteiger partial charge in [-0.3, -0.25) is 0 Å². The third-order valence-corrected chi connectivity index (χ3v) is 4.80. The summed E-state index contributed by atoms with van der Waals surface area (Å²) >= 11 is 0. The Morgan fingerprint density at radius 2 is 1.54 bits per heavy atom. The number of urea groups is 1. The third kappa shape index (κ3) is 4.74. The molecular weight excluding hydrogens is 352 g/mol. The fourth-order valence-corrected chi connectivity index (χ4v) is 3.16. The van der Waals surface area contributed by atoms with E-state index in [1.54, 1.807) is 14.2 Å². The first-order valence-electron chi connectivity index (χ1n) is 9.38. The number of hydrogen-bond acceptors (Lipinski definition) is 3. The molecule has 5 nitrogen and oxygen atoms in total. The molecule has 0 radical (unpaired) electrons. The van der Waals surface area contributed by atoms with Gasteiger partial charge in [0.2, 0.25) is 0 Å². The number of benzene rings is 3. The van der Waals surface area contributed by atoms with Crippen LogP contribution in [0.5, 0.6) is 11.5 Å². The maximum Gasteiger partial charge on any atom is 0.315 e. The monoisotopic (exact) mass is 378 g/mol. The highest BCUT2D eigenvalue weighted by Gasteiger charge is 2.12. The van der Waals surface area contributed by atoms with Gasteiger partial charge in [-0.05, 0) is 58.7 Å². The van der Waals surface area contributed by atoms with Crippen LogP contribution in [0.3, 0.4) is 0 Å². The smallest absolute Gasteiger partial charge is 0.315 e. The lowest BCUT2D eigenvalue weighted by Crippen LogP contribution is -2.37. The zero-order valence-electron chi connectivity index (χ0n) is 16.5. The summed E-state index contributed by atoms with van der Waals surface area (Å²) in [4.78, 5) is 12.4. The standard InChI is InChI=1S/C23H26N2O3/c1-4-22(17-7-10-20(27-2)11-8-17)25-23(26)24-15-16-5-6-19-14-21(28-3)12-9-18(19)13-16/h5-14,22H,4,15H2,1-3H3,(H2,24,25,26). The Balaban J connectivity index is 1.60. The van der Waals surface area contributed by atoms with Crippen molar-refractivity contribution < 1.29 is 14.3 Å². The van der Waals surface area contributed by atoms with Gasteiger partial charge in [-0.2, -0.15) is 0 Å². The fourth-order valence-electron chi connectivity index (χ4n) is 3.16. The molecule has 0 fully saturated rings. The number of rotatable bonds is 7. The van der Waals surface area contributed by atoms with Gasteiger partial charge in [-0.1, -0.05) is 37.3 Å². The Bertz CT molecular complexity index is 938. The average Bonchev–Trinajstić information content (AvgIpc) is 2.75. The van der Waals surface area contributed by atoms with E-state index in [2.05, 4.69) is 16.7 Å². The average molecular weight is 378 g/mol. The van der Waals surface area contributed by atoms with Crippen molar-refractivity contribution >= 4 is 16.8 Å². The molecular formula is C23H26N2O3. The highest BCUT2D eigenvalue weighted by atomic mass is 16.5. The van der Waals surface area contributed by atoms with Crippen LogP contribution in [-0.4, -0.2) is 20.3 Å². The molecule has 0 aliphatic heterocycles. The first-order valence-corrected chi connectivity index (χ1v) is 9.38. The fraction of sp³-hybridized carbons (Fsp3) is 0.261. The van der Waals surface area contributed by atoms with Crippen LogP contribution in [0.15, 0.2) is 60.7 Å². The van der Waals surface area contributed by atoms with Gasteiger partial charge >= 0.3 is 6.03 Å². The molecule has 0 saturated carbocycles. The van der Waals surface area contributed by atoms with E-state index in [0.717, 1.165) is 39.8 Å². The predicted molar refractivity (Wildman–Crippen MR) is 112 cm³/mol. The van der Waals surface area contributed by atoms with Gasteiger partial charge in [0.15, 0.2) is 0 Å². The van der Waals surface area contributed by atoms with E-state index in [1.807, 2.05) is 61.5 Å². The number of fused-ring (bicyclic) bond motifs is 1. The highest BCUT2D eigenvalue weighted by molar-refractivity contribution is 5.84. The van der Waals surface area contributed by atoms with Crippen LogP contribution in [0.25, 0.3) is 10.8 Å². The minimum absolute atomic E-state index is 0.0463. The molecule has 0 saturated heterocycles. The van der Waals surface area contributed by atoms with Gasteiger partial charge in [0, 0.05) is 6.54 Å². The maximum absolute atomic E-state index is 12.4. The molecule has 2 amide bonds. The predicted octanol–water partition coefficient (Wildman–Crippen LogP) is 4.81. The molecule has 0 bridgehead atoms. The molecule has 1 atom stereocenters. The zero-order chi connectivity index (χ0) is 19.9. The molecule has 2 N–H and O–H groups in total. The van der Waals surface area contributed by atoms with E-state index < -0.39 is 0 Å². The van der Waals surface area contributed by atoms with Crippen molar-refractivity contribution in [3.05, 3.63) is 71.8 Å². The lowest BCUT2D eigenvalue weighted by molar-refractivity contribution is 0.236. The lowest BCUT2D eigenvalue weighted by Gasteiger charge is -2.18. The summed E-state index contributed by atoms with van der Waals surface area (Å²) in [5, 5.41) is 8.20. The number of amides is 2. The maximum atomic E-state index is 12.4. The molecule has 0 heterocycles. The highest BCUT2D eigenvalue weighted by Crippen LogP contribution is 2.22. The molecule has 28 heavy (non-hydrogen) atoms. The first kappa shape index (κ1) is 19.5. The van der Waals surface area contributed by atoms with E-state index >= 15 is 0 Å². The Morgan fingerprint density at radius 1 is 0.893 bits per heavy atom. The summed E-state index contributed by atoms with van der Waals surface area (Å²) in [6.07, 6.45) is 0.803. The van der Waals surface area contributed by atoms with Crippen molar-refractivity contribution in [3.8, 4) is 11.5 Å². The second-order valence-electron chi connectivity index (χ2n) is 6.61. The Labute approximate surface area is 165 Å². The van der Waals surface area contributed by atoms with E-state index in [-0.39, 0.29) is 12.1 Å². The van der Waals surface area contributed by atoms with Gasteiger partial charge < -0.3 is 20.1 Å². The molecule has 0 aliphatic carbocycles. The Kier molecular flexibility index (Phi) is 6.37. The summed E-state index contributed by atoms with van der Waals surface area (Å²) < 4.78 is 10.4. The molecule has 146 valence electrons. The van der Waals surface area contributed by atoms with Crippen LogP contribution in [0, 0.1) is 0 Å². The SMILES string of the molecule is CCC(NC(=O)NCc1ccc2cc(OC)ccc2c1)c1ccc(OC)cc1. The Hall–Kier alpha value is -3.21. The van der Waals surface area contributed by atoms with Crippen molar-refractivity contribution in [2.24, 2.45) is 0 Å². The summed E-state index contributed by atoms with van der Waals surface area (Å²) in [5.74, 6) is 1.64. The molecule has 1 unspecified atom stereocenters. The Morgan fingerprint density at radius 3 is 2.21 bits per heavy atom. The minimum atomic E-state index is -0.183. The van der Waals surface area contributed by atoms with E-state index in [9.17, 15) is 4.79 Å². The van der Waals surface area contributed by atoms with Gasteiger partial charge in [0.1, 0.15) is 11.5 Å². The molecule has 5 heteroatoms. The molecule has 0 aliphatic rings. The number of hydrogen-bond donors (Lipinski definition) is 2. The van der Waals surface area contributed by atoms with Crippen molar-refractivity contribution in [3.63, 3.8) is 0 Å². The van der Waals surface area contributed by atoms with E-state index in [0.29, 0.717) is 6.54 Å². The number of carbonyl (C=O) groups excluding carboxylic acids is 1. The normalized spacial score (nSPS) is 11.7. The summed E-state index contributed by atoms with van der Waals surface area (Å²) in [6.45, 7) is 2.51. The topological polar surface area (TPSA) is 59.6 Å². The minimum Gasteiger partial charge on any atom is -0.497 e. The number of ether oxygens (including phenoxy) is 2. The second kappa shape index (κ2) is 9.13. The first-order chi connectivity index (χ1) is 13.6. The van der Waals surface area contributed by atoms with Crippen LogP contribution < -0.4 is 20.1 Å². The number of nitrogens with one attached hydrogen (secondary N) is 2. The second-order valence-corrected chi connectivity index (χ2v) is 6.61. The summed E-state index contributed by atoms with van der Waals surface area (Å²) in [7, 11) is 3.30. The van der Waals surface area contributed by atoms with Crippen LogP contribution in [0.4, 0.5) is 4.79 Å². The van der Waals surface area contributed by atoms with Gasteiger partial charge in [-0.15, -0.1) is 0 Å². The lowest BCUT2D eigenvalue weighted by atomic mass is 10.0. The third-order valence-electron chi connectivity index (χ3n) is 4.80. The van der Waals surface area contributed by atoms with Crippen molar-refractivity contribution in [2.75, 3.05) is 14.2 Å². The summed E-state index contributed by atoms with van der Waals surface area (Å²) in [5.41, 5.74) is 2.10. The van der Waals surface area contributed by atoms with E-state index in [4.69, 9.17) is 9.47 Å². The largest absolute Gasteiger partial charge is 0.497 e. The van der Waals surface area contributed by atoms with E-state index in [1.165, 1.54) is 0 Å². The number of carbonyl (C=O) groups is 1.